The summed E-state index contributed by atoms with van der Waals surface area (Å²) < 4.78 is 0. The third kappa shape index (κ3) is 6.22. The van der Waals surface area contributed by atoms with Crippen LogP contribution in [0.4, 0.5) is 23.3 Å². The van der Waals surface area contributed by atoms with Gasteiger partial charge in [-0.25, -0.2) is 0 Å². The highest BCUT2D eigenvalue weighted by Gasteiger charge is 2.10. The summed E-state index contributed by atoms with van der Waals surface area (Å²) in [5, 5.41) is 6.83. The van der Waals surface area contributed by atoms with E-state index in [0.717, 1.165) is 17.7 Å². The Morgan fingerprint density at radius 1 is 1.10 bits per heavy atom. The molecule has 3 rings (SSSR count). The van der Waals surface area contributed by atoms with E-state index in [1.54, 1.807) is 18.2 Å². The van der Waals surface area contributed by atoms with E-state index in [1.807, 2.05) is 24.3 Å². The molecule has 1 amide bonds. The molecule has 0 bridgehead atoms. The summed E-state index contributed by atoms with van der Waals surface area (Å²) in [6, 6.07) is 12.8. The van der Waals surface area contributed by atoms with Crippen molar-refractivity contribution >= 4 is 64.1 Å². The highest BCUT2D eigenvalue weighted by Crippen LogP contribution is 2.25. The van der Waals surface area contributed by atoms with Gasteiger partial charge in [0.1, 0.15) is 5.82 Å². The smallest absolute Gasteiger partial charge is 0.234 e. The number of halogens is 2. The van der Waals surface area contributed by atoms with Crippen molar-refractivity contribution in [2.45, 2.75) is 19.1 Å². The lowest BCUT2D eigenvalue weighted by Gasteiger charge is -2.11. The number of benzene rings is 2. The molecule has 1 aromatic heterocycles. The molecule has 0 aliphatic carbocycles. The van der Waals surface area contributed by atoms with Crippen molar-refractivity contribution in [3.63, 3.8) is 0 Å². The number of nitrogens with one attached hydrogen (secondary N) is 2. The van der Waals surface area contributed by atoms with Gasteiger partial charge in [0.2, 0.25) is 17.8 Å². The number of hydrogen-bond donors (Lipinski definition) is 3. The summed E-state index contributed by atoms with van der Waals surface area (Å²) >= 11 is 13.3. The summed E-state index contributed by atoms with van der Waals surface area (Å²) in [6.07, 6.45) is 0.874. The summed E-state index contributed by atoms with van der Waals surface area (Å²) in [5.74, 6) is 1.39. The molecule has 0 atom stereocenters. The van der Waals surface area contributed by atoms with Crippen LogP contribution in [-0.4, -0.2) is 26.6 Å². The van der Waals surface area contributed by atoms with Gasteiger partial charge < -0.3 is 16.4 Å². The number of carbonyl (C=O) groups excluding carboxylic acids is 1. The van der Waals surface area contributed by atoms with Gasteiger partial charge in [-0.1, -0.05) is 48.3 Å². The first-order valence-electron chi connectivity index (χ1n) is 9.12. The van der Waals surface area contributed by atoms with Crippen LogP contribution in [-0.2, 0) is 17.0 Å². The van der Waals surface area contributed by atoms with Crippen molar-refractivity contribution in [2.75, 3.05) is 22.1 Å². The van der Waals surface area contributed by atoms with Crippen LogP contribution < -0.4 is 16.4 Å². The second kappa shape index (κ2) is 10.5. The number of thioether (sulfide) groups is 1. The number of nitrogens with zero attached hydrogens (tertiary/aromatic N) is 3. The predicted molar refractivity (Wildman–Crippen MR) is 125 cm³/mol. The molecule has 7 nitrogen and oxygen atoms in total. The van der Waals surface area contributed by atoms with Crippen LogP contribution in [0.2, 0.25) is 10.0 Å². The van der Waals surface area contributed by atoms with Gasteiger partial charge in [-0.15, -0.1) is 11.8 Å². The first-order valence-corrected chi connectivity index (χ1v) is 11.0. The summed E-state index contributed by atoms with van der Waals surface area (Å²) in [7, 11) is 0. The summed E-state index contributed by atoms with van der Waals surface area (Å²) in [5.41, 5.74) is 8.40. The minimum atomic E-state index is -0.193. The molecule has 30 heavy (non-hydrogen) atoms. The van der Waals surface area contributed by atoms with Gasteiger partial charge in [-0.2, -0.15) is 15.0 Å². The van der Waals surface area contributed by atoms with Crippen LogP contribution in [0.5, 0.6) is 0 Å². The van der Waals surface area contributed by atoms with Crippen LogP contribution in [0, 0.1) is 0 Å². The van der Waals surface area contributed by atoms with Crippen LogP contribution >= 0.6 is 35.0 Å². The van der Waals surface area contributed by atoms with Crippen molar-refractivity contribution in [1.82, 2.24) is 15.0 Å². The van der Waals surface area contributed by atoms with Gasteiger partial charge in [0.05, 0.1) is 22.2 Å². The van der Waals surface area contributed by atoms with E-state index < -0.39 is 0 Å². The molecule has 1 heterocycles. The average molecular weight is 463 g/mol. The molecule has 0 fully saturated rings. The number of para-hydroxylation sites is 1. The van der Waals surface area contributed by atoms with Gasteiger partial charge in [0.25, 0.3) is 0 Å². The third-order valence-electron chi connectivity index (χ3n) is 4.01. The van der Waals surface area contributed by atoms with E-state index in [9.17, 15) is 4.79 Å². The molecule has 0 unspecified atom stereocenters. The van der Waals surface area contributed by atoms with Crippen LogP contribution in [0.25, 0.3) is 0 Å². The van der Waals surface area contributed by atoms with Gasteiger partial charge in [-0.3, -0.25) is 4.79 Å². The zero-order chi connectivity index (χ0) is 21.5. The van der Waals surface area contributed by atoms with E-state index in [4.69, 9.17) is 28.9 Å². The molecule has 3 aromatic rings. The first kappa shape index (κ1) is 22.1. The number of amides is 1. The fourth-order valence-electron chi connectivity index (χ4n) is 2.64. The second-order valence-corrected chi connectivity index (χ2v) is 8.06. The van der Waals surface area contributed by atoms with Crippen LogP contribution in [0.15, 0.2) is 42.5 Å². The molecule has 0 saturated carbocycles. The van der Waals surface area contributed by atoms with E-state index >= 15 is 0 Å². The number of nitrogen functional groups attached to an aromatic ring is 1. The highest BCUT2D eigenvalue weighted by molar-refractivity contribution is 7.99. The van der Waals surface area contributed by atoms with Crippen molar-refractivity contribution in [2.24, 2.45) is 0 Å². The fourth-order valence-corrected chi connectivity index (χ4v) is 3.77. The van der Waals surface area contributed by atoms with E-state index in [-0.39, 0.29) is 17.6 Å². The number of hydrogen-bond acceptors (Lipinski definition) is 7. The van der Waals surface area contributed by atoms with Gasteiger partial charge in [-0.05, 0) is 36.2 Å². The molecule has 4 N–H and O–H groups in total. The molecule has 0 aliphatic heterocycles. The fraction of sp³-hybridized carbons (Fsp3) is 0.200. The zero-order valence-corrected chi connectivity index (χ0v) is 18.5. The maximum atomic E-state index is 12.2. The molecule has 0 aliphatic rings. The molecule has 0 radical (unpaired) electrons. The first-order chi connectivity index (χ1) is 14.4. The van der Waals surface area contributed by atoms with Crippen molar-refractivity contribution in [3.05, 3.63) is 63.9 Å². The van der Waals surface area contributed by atoms with E-state index in [2.05, 4.69) is 32.5 Å². The number of rotatable bonds is 8. The lowest BCUT2D eigenvalue weighted by Crippen LogP contribution is -2.15. The average Bonchev–Trinajstić information content (AvgIpc) is 2.70. The van der Waals surface area contributed by atoms with E-state index in [0.29, 0.717) is 33.3 Å². The maximum absolute atomic E-state index is 12.2. The number of aromatic nitrogens is 3. The Morgan fingerprint density at radius 2 is 1.90 bits per heavy atom. The lowest BCUT2D eigenvalue weighted by atomic mass is 10.1. The molecule has 10 heteroatoms. The maximum Gasteiger partial charge on any atom is 0.234 e. The van der Waals surface area contributed by atoms with Crippen molar-refractivity contribution in [3.8, 4) is 0 Å². The molecular weight excluding hydrogens is 443 g/mol. The molecular formula is C20H20Cl2N6OS. The number of aryl methyl sites for hydroxylation is 1. The van der Waals surface area contributed by atoms with E-state index in [1.165, 1.54) is 11.8 Å². The predicted octanol–water partition coefficient (Wildman–Crippen LogP) is 4.94. The van der Waals surface area contributed by atoms with Crippen molar-refractivity contribution in [1.29, 1.82) is 0 Å². The van der Waals surface area contributed by atoms with Gasteiger partial charge in [0, 0.05) is 10.7 Å². The Kier molecular flexibility index (Phi) is 7.73. The molecule has 0 saturated heterocycles. The largest absolute Gasteiger partial charge is 0.368 e. The number of carbonyl (C=O) groups is 1. The topological polar surface area (TPSA) is 106 Å². The van der Waals surface area contributed by atoms with Crippen molar-refractivity contribution < 1.29 is 4.79 Å². The monoisotopic (exact) mass is 462 g/mol. The van der Waals surface area contributed by atoms with Gasteiger partial charge in [0.15, 0.2) is 0 Å². The van der Waals surface area contributed by atoms with Crippen LogP contribution in [0.1, 0.15) is 18.3 Å². The normalized spacial score (nSPS) is 10.6. The Bertz CT molecular complexity index is 1050. The SMILES string of the molecule is CCc1ccccc1Nc1nc(N)nc(CSCC(=O)Nc2ccc(Cl)cc2Cl)n1. The second-order valence-electron chi connectivity index (χ2n) is 6.23. The number of anilines is 4. The third-order valence-corrected chi connectivity index (χ3v) is 5.49. The molecule has 0 spiro atoms. The summed E-state index contributed by atoms with van der Waals surface area (Å²) in [6.45, 7) is 2.08. The Balaban J connectivity index is 1.58. The van der Waals surface area contributed by atoms with Gasteiger partial charge >= 0.3 is 0 Å². The minimum absolute atomic E-state index is 0.120. The molecule has 156 valence electrons. The van der Waals surface area contributed by atoms with Crippen LogP contribution in [0.3, 0.4) is 0 Å². The Morgan fingerprint density at radius 3 is 2.67 bits per heavy atom. The standard InChI is InChI=1S/C20H20Cl2N6OS/c1-2-12-5-3-4-6-15(12)25-20-27-17(26-19(23)28-20)10-30-11-18(29)24-16-8-7-13(21)9-14(16)22/h3-9H,2,10-11H2,1H3,(H,24,29)(H3,23,25,26,27,28). The number of nitrogens with two attached hydrogens (primary N) is 1. The lowest BCUT2D eigenvalue weighted by molar-refractivity contribution is -0.113. The Hall–Kier alpha value is -2.55. The quantitative estimate of drug-likeness (QED) is 0.435. The zero-order valence-electron chi connectivity index (χ0n) is 16.2. The summed E-state index contributed by atoms with van der Waals surface area (Å²) in [4.78, 5) is 24.9. The molecule has 2 aromatic carbocycles. The minimum Gasteiger partial charge on any atom is -0.368 e. The highest BCUT2D eigenvalue weighted by atomic mass is 35.5. The Labute approximate surface area is 188 Å².